The van der Waals surface area contributed by atoms with Gasteiger partial charge < -0.3 is 14.5 Å². The van der Waals surface area contributed by atoms with Crippen molar-refractivity contribution in [2.24, 2.45) is 0 Å². The van der Waals surface area contributed by atoms with Crippen molar-refractivity contribution in [2.45, 2.75) is 6.92 Å². The maximum Gasteiger partial charge on any atom is 0.258 e. The molecule has 0 spiro atoms. The van der Waals surface area contributed by atoms with Gasteiger partial charge in [0.25, 0.3) is 5.91 Å². The van der Waals surface area contributed by atoms with Gasteiger partial charge in [0.2, 0.25) is 0 Å². The Kier molecular flexibility index (Phi) is 4.91. The lowest BCUT2D eigenvalue weighted by molar-refractivity contribution is 0.102. The molecule has 0 aliphatic heterocycles. The summed E-state index contributed by atoms with van der Waals surface area (Å²) in [5.74, 6) is -4.74. The number of nitrogens with one attached hydrogen (secondary N) is 1. The lowest BCUT2D eigenvalue weighted by atomic mass is 10.1. The minimum Gasteiger partial charge on any atom is -0.497 e. The molecule has 0 atom stereocenters. The highest BCUT2D eigenvalue weighted by Crippen LogP contribution is 2.27. The van der Waals surface area contributed by atoms with E-state index in [4.69, 9.17) is 4.74 Å². The minimum absolute atomic E-state index is 0.346. The fourth-order valence-corrected chi connectivity index (χ4v) is 3.16. The van der Waals surface area contributed by atoms with Crippen molar-refractivity contribution in [3.63, 3.8) is 0 Å². The van der Waals surface area contributed by atoms with Gasteiger partial charge in [-0.1, -0.05) is 0 Å². The van der Waals surface area contributed by atoms with E-state index >= 15 is 0 Å². The molecule has 1 N–H and O–H groups in total. The first-order valence-corrected chi connectivity index (χ1v) is 8.97. The number of aromatic nitrogens is 2. The number of aryl methyl sites for hydroxylation is 1. The number of carbonyl (C=O) groups is 1. The summed E-state index contributed by atoms with van der Waals surface area (Å²) in [7, 11) is 1.59. The molecule has 2 aromatic heterocycles. The second kappa shape index (κ2) is 7.55. The topological polar surface area (TPSA) is 55.6 Å². The van der Waals surface area contributed by atoms with E-state index in [1.807, 2.05) is 31.2 Å². The zero-order chi connectivity index (χ0) is 21.4. The van der Waals surface area contributed by atoms with Gasteiger partial charge in [-0.25, -0.2) is 18.2 Å². The average molecular weight is 411 g/mol. The number of amides is 1. The number of halogens is 3. The SMILES string of the molecule is COc1ccc(-c2nc3ccc(NC(=O)c4ccc(F)c(F)c4F)cn3c2C)cc1. The van der Waals surface area contributed by atoms with E-state index in [-0.39, 0.29) is 0 Å². The average Bonchev–Trinajstić information content (AvgIpc) is 3.08. The van der Waals surface area contributed by atoms with E-state index < -0.39 is 28.9 Å². The summed E-state index contributed by atoms with van der Waals surface area (Å²) in [6.45, 7) is 1.88. The van der Waals surface area contributed by atoms with E-state index in [9.17, 15) is 18.0 Å². The van der Waals surface area contributed by atoms with Crippen molar-refractivity contribution < 1.29 is 22.7 Å². The molecule has 30 heavy (non-hydrogen) atoms. The molecule has 2 heterocycles. The van der Waals surface area contributed by atoms with Gasteiger partial charge in [0, 0.05) is 17.5 Å². The van der Waals surface area contributed by atoms with E-state index in [1.54, 1.807) is 29.8 Å². The first-order chi connectivity index (χ1) is 14.4. The van der Waals surface area contributed by atoms with Crippen molar-refractivity contribution in [3.05, 3.63) is 83.4 Å². The molecule has 8 heteroatoms. The lowest BCUT2D eigenvalue weighted by Gasteiger charge is -2.08. The zero-order valence-electron chi connectivity index (χ0n) is 16.0. The number of benzene rings is 2. The van der Waals surface area contributed by atoms with Gasteiger partial charge in [0.1, 0.15) is 11.4 Å². The quantitative estimate of drug-likeness (QED) is 0.482. The van der Waals surface area contributed by atoms with Crippen LogP contribution in [0.25, 0.3) is 16.9 Å². The van der Waals surface area contributed by atoms with Crippen molar-refractivity contribution >= 4 is 17.2 Å². The largest absolute Gasteiger partial charge is 0.497 e. The molecule has 152 valence electrons. The molecular weight excluding hydrogens is 395 g/mol. The Hall–Kier alpha value is -3.81. The van der Waals surface area contributed by atoms with Gasteiger partial charge in [-0.15, -0.1) is 0 Å². The van der Waals surface area contributed by atoms with E-state index in [2.05, 4.69) is 10.3 Å². The van der Waals surface area contributed by atoms with Gasteiger partial charge in [-0.3, -0.25) is 4.79 Å². The summed E-state index contributed by atoms with van der Waals surface area (Å²) in [6.07, 6.45) is 1.63. The van der Waals surface area contributed by atoms with Crippen LogP contribution < -0.4 is 10.1 Å². The normalized spacial score (nSPS) is 11.0. The second-order valence-corrected chi connectivity index (χ2v) is 6.60. The molecule has 0 saturated carbocycles. The van der Waals surface area contributed by atoms with E-state index in [1.165, 1.54) is 0 Å². The number of imidazole rings is 1. The highest BCUT2D eigenvalue weighted by Gasteiger charge is 2.19. The van der Waals surface area contributed by atoms with Crippen molar-refractivity contribution in [3.8, 4) is 17.0 Å². The van der Waals surface area contributed by atoms with Gasteiger partial charge in [0.15, 0.2) is 17.5 Å². The molecule has 5 nitrogen and oxygen atoms in total. The van der Waals surface area contributed by atoms with Gasteiger partial charge in [-0.2, -0.15) is 0 Å². The smallest absolute Gasteiger partial charge is 0.258 e. The number of nitrogens with zero attached hydrogens (tertiary/aromatic N) is 2. The highest BCUT2D eigenvalue weighted by atomic mass is 19.2. The molecule has 0 fully saturated rings. The summed E-state index contributed by atoms with van der Waals surface area (Å²) < 4.78 is 47.3. The number of pyridine rings is 1. The van der Waals surface area contributed by atoms with E-state index in [0.29, 0.717) is 17.4 Å². The number of fused-ring (bicyclic) bond motifs is 1. The third kappa shape index (κ3) is 3.36. The van der Waals surface area contributed by atoms with Gasteiger partial charge in [0.05, 0.1) is 24.1 Å². The monoisotopic (exact) mass is 411 g/mol. The molecule has 0 bridgehead atoms. The minimum atomic E-state index is -1.69. The van der Waals surface area contributed by atoms with Crippen molar-refractivity contribution in [2.75, 3.05) is 12.4 Å². The molecule has 0 aliphatic carbocycles. The summed E-state index contributed by atoms with van der Waals surface area (Å²) in [6, 6.07) is 12.3. The van der Waals surface area contributed by atoms with Gasteiger partial charge >= 0.3 is 0 Å². The Morgan fingerprint density at radius 3 is 2.43 bits per heavy atom. The molecule has 0 aliphatic rings. The van der Waals surface area contributed by atoms with Crippen LogP contribution in [0.15, 0.2) is 54.7 Å². The maximum absolute atomic E-state index is 13.9. The summed E-state index contributed by atoms with van der Waals surface area (Å²) >= 11 is 0. The molecule has 0 unspecified atom stereocenters. The third-order valence-electron chi connectivity index (χ3n) is 4.76. The Labute approximate surface area is 169 Å². The summed E-state index contributed by atoms with van der Waals surface area (Å²) in [4.78, 5) is 16.9. The molecular formula is C22H16F3N3O2. The molecule has 4 aromatic rings. The zero-order valence-corrected chi connectivity index (χ0v) is 16.0. The number of rotatable bonds is 4. The van der Waals surface area contributed by atoms with Crippen LogP contribution in [0.4, 0.5) is 18.9 Å². The number of hydrogen-bond donors (Lipinski definition) is 1. The van der Waals surface area contributed by atoms with Crippen LogP contribution in [0.3, 0.4) is 0 Å². The highest BCUT2D eigenvalue weighted by molar-refractivity contribution is 6.04. The predicted octanol–water partition coefficient (Wildman–Crippen LogP) is 4.99. The van der Waals surface area contributed by atoms with Gasteiger partial charge in [-0.05, 0) is 55.5 Å². The first-order valence-electron chi connectivity index (χ1n) is 8.97. The van der Waals surface area contributed by atoms with Crippen LogP contribution in [0.5, 0.6) is 5.75 Å². The van der Waals surface area contributed by atoms with E-state index in [0.717, 1.165) is 28.8 Å². The van der Waals surface area contributed by atoms with Crippen LogP contribution in [0, 0.1) is 24.4 Å². The van der Waals surface area contributed by atoms with Crippen molar-refractivity contribution in [1.29, 1.82) is 0 Å². The van der Waals surface area contributed by atoms with Crippen LogP contribution >= 0.6 is 0 Å². The molecule has 0 saturated heterocycles. The van der Waals surface area contributed by atoms with Crippen LogP contribution in [0.1, 0.15) is 16.1 Å². The predicted molar refractivity (Wildman–Crippen MR) is 106 cm³/mol. The Morgan fingerprint density at radius 1 is 1.00 bits per heavy atom. The second-order valence-electron chi connectivity index (χ2n) is 6.60. The number of hydrogen-bond acceptors (Lipinski definition) is 3. The fraction of sp³-hybridized carbons (Fsp3) is 0.0909. The van der Waals surface area contributed by atoms with Crippen molar-refractivity contribution in [1.82, 2.24) is 9.38 Å². The number of carbonyl (C=O) groups excluding carboxylic acids is 1. The Morgan fingerprint density at radius 2 is 1.73 bits per heavy atom. The lowest BCUT2D eigenvalue weighted by Crippen LogP contribution is -2.15. The third-order valence-corrected chi connectivity index (χ3v) is 4.76. The summed E-state index contributed by atoms with van der Waals surface area (Å²) in [5, 5.41) is 2.50. The van der Waals surface area contributed by atoms with Crippen LogP contribution in [0.2, 0.25) is 0 Å². The molecule has 1 amide bonds. The molecule has 2 aromatic carbocycles. The Bertz CT molecular complexity index is 1270. The van der Waals surface area contributed by atoms with Crippen LogP contribution in [-0.2, 0) is 0 Å². The number of anilines is 1. The molecule has 0 radical (unpaired) electrons. The Balaban J connectivity index is 1.66. The summed E-state index contributed by atoms with van der Waals surface area (Å²) in [5.41, 5.74) is 2.88. The first kappa shape index (κ1) is 19.5. The van der Waals surface area contributed by atoms with Crippen LogP contribution in [-0.4, -0.2) is 22.4 Å². The fourth-order valence-electron chi connectivity index (χ4n) is 3.16. The maximum atomic E-state index is 13.9. The number of ether oxygens (including phenoxy) is 1. The standard InChI is InChI=1S/C22H16F3N3O2/c1-12-21(13-3-6-15(30-2)7-4-13)27-18-10-5-14(11-28(12)18)26-22(29)16-8-9-17(23)20(25)19(16)24/h3-11H,1-2H3,(H,26,29). The number of methoxy groups -OCH3 is 1. The molecule has 4 rings (SSSR count).